The maximum atomic E-state index is 11.6. The molecular formula is C26H51N3O3. The Bertz CT molecular complexity index is 469. The van der Waals surface area contributed by atoms with E-state index in [4.69, 9.17) is 0 Å². The average Bonchev–Trinajstić information content (AvgIpc) is 2.78. The molecule has 3 N–H and O–H groups in total. The van der Waals surface area contributed by atoms with Gasteiger partial charge in [-0.25, -0.2) is 0 Å². The summed E-state index contributed by atoms with van der Waals surface area (Å²) < 4.78 is 0. The van der Waals surface area contributed by atoms with Gasteiger partial charge < -0.3 is 20.7 Å². The highest BCUT2D eigenvalue weighted by atomic mass is 16.2. The van der Waals surface area contributed by atoms with Crippen molar-refractivity contribution in [1.29, 1.82) is 0 Å². The Kier molecular flexibility index (Phi) is 23.1. The molecule has 0 rings (SSSR count). The Balaban J connectivity index is 3.13. The first-order valence-corrected chi connectivity index (χ1v) is 13.2. The maximum absolute atomic E-state index is 11.6. The van der Waals surface area contributed by atoms with E-state index in [-0.39, 0.29) is 18.4 Å². The summed E-state index contributed by atoms with van der Waals surface area (Å²) in [6.45, 7) is 4.05. The van der Waals surface area contributed by atoms with Gasteiger partial charge in [0.25, 0.3) is 0 Å². The van der Waals surface area contributed by atoms with Gasteiger partial charge in [0.15, 0.2) is 0 Å². The van der Waals surface area contributed by atoms with Gasteiger partial charge >= 0.3 is 0 Å². The first-order chi connectivity index (χ1) is 15.6. The van der Waals surface area contributed by atoms with Crippen molar-refractivity contribution in [3.63, 3.8) is 0 Å². The second-order valence-corrected chi connectivity index (χ2v) is 9.06. The molecule has 0 heterocycles. The molecule has 0 saturated heterocycles. The zero-order valence-electron chi connectivity index (χ0n) is 21.1. The molecule has 0 aliphatic heterocycles. The Morgan fingerprint density at radius 2 is 0.938 bits per heavy atom. The smallest absolute Gasteiger partial charge is 0.239 e. The zero-order valence-corrected chi connectivity index (χ0v) is 21.1. The Morgan fingerprint density at radius 3 is 1.38 bits per heavy atom. The largest absolute Gasteiger partial charge is 0.358 e. The van der Waals surface area contributed by atoms with E-state index < -0.39 is 0 Å². The minimum Gasteiger partial charge on any atom is -0.358 e. The van der Waals surface area contributed by atoms with Crippen LogP contribution in [0.2, 0.25) is 0 Å². The number of amides is 2. The zero-order chi connectivity index (χ0) is 23.7. The molecule has 0 aliphatic rings. The molecule has 0 aliphatic carbocycles. The SMILES string of the molecule is CNC(=O)CNC(=O)CCCCCCCCCCCNCCCCCCCCCC(C)=O. The molecule has 0 aromatic heterocycles. The molecule has 0 saturated carbocycles. The third-order valence-electron chi connectivity index (χ3n) is 5.86. The molecule has 6 nitrogen and oxygen atoms in total. The van der Waals surface area contributed by atoms with Gasteiger partial charge in [0.2, 0.25) is 11.8 Å². The van der Waals surface area contributed by atoms with Gasteiger partial charge in [0.05, 0.1) is 6.54 Å². The summed E-state index contributed by atoms with van der Waals surface area (Å²) in [6, 6.07) is 0. The van der Waals surface area contributed by atoms with Gasteiger partial charge in [0, 0.05) is 19.9 Å². The number of nitrogens with one attached hydrogen (secondary N) is 3. The highest BCUT2D eigenvalue weighted by molar-refractivity contribution is 5.84. The van der Waals surface area contributed by atoms with Crippen LogP contribution < -0.4 is 16.0 Å². The molecular weight excluding hydrogens is 402 g/mol. The van der Waals surface area contributed by atoms with Gasteiger partial charge in [0.1, 0.15) is 5.78 Å². The van der Waals surface area contributed by atoms with E-state index in [1.807, 2.05) is 0 Å². The summed E-state index contributed by atoms with van der Waals surface area (Å²) in [6.07, 6.45) is 21.1. The lowest BCUT2D eigenvalue weighted by atomic mass is 10.1. The topological polar surface area (TPSA) is 87.3 Å². The monoisotopic (exact) mass is 453 g/mol. The van der Waals surface area contributed by atoms with Crippen LogP contribution in [0.1, 0.15) is 122 Å². The van der Waals surface area contributed by atoms with Crippen molar-refractivity contribution < 1.29 is 14.4 Å². The van der Waals surface area contributed by atoms with E-state index in [1.54, 1.807) is 14.0 Å². The van der Waals surface area contributed by atoms with Crippen LogP contribution in [0.3, 0.4) is 0 Å². The molecule has 2 amide bonds. The number of carbonyl (C=O) groups excluding carboxylic acids is 3. The minimum atomic E-state index is -0.158. The van der Waals surface area contributed by atoms with Crippen LogP contribution in [0, 0.1) is 0 Å². The normalized spacial score (nSPS) is 10.8. The summed E-state index contributed by atoms with van der Waals surface area (Å²) in [4.78, 5) is 33.5. The minimum absolute atomic E-state index is 0.0281. The van der Waals surface area contributed by atoms with Crippen molar-refractivity contribution in [2.75, 3.05) is 26.7 Å². The van der Waals surface area contributed by atoms with E-state index in [0.717, 1.165) is 38.8 Å². The van der Waals surface area contributed by atoms with Gasteiger partial charge in [-0.05, 0) is 45.7 Å². The molecule has 32 heavy (non-hydrogen) atoms. The van der Waals surface area contributed by atoms with E-state index in [9.17, 15) is 14.4 Å². The lowest BCUT2D eigenvalue weighted by Crippen LogP contribution is -2.34. The number of unbranched alkanes of at least 4 members (excludes halogenated alkanes) is 14. The molecule has 0 aromatic carbocycles. The number of hydrogen-bond acceptors (Lipinski definition) is 4. The second kappa shape index (κ2) is 24.2. The molecule has 0 unspecified atom stereocenters. The fourth-order valence-electron chi connectivity index (χ4n) is 3.76. The van der Waals surface area contributed by atoms with Crippen molar-refractivity contribution >= 4 is 17.6 Å². The van der Waals surface area contributed by atoms with Gasteiger partial charge in [-0.3, -0.25) is 9.59 Å². The number of Topliss-reactive ketones (excluding diaryl/α,β-unsaturated/α-hetero) is 1. The Labute approximate surface area is 197 Å². The fourth-order valence-corrected chi connectivity index (χ4v) is 3.76. The summed E-state index contributed by atoms with van der Waals surface area (Å²) in [5.41, 5.74) is 0. The first-order valence-electron chi connectivity index (χ1n) is 13.2. The van der Waals surface area contributed by atoms with Crippen molar-refractivity contribution in [1.82, 2.24) is 16.0 Å². The van der Waals surface area contributed by atoms with Crippen molar-refractivity contribution in [3.05, 3.63) is 0 Å². The van der Waals surface area contributed by atoms with Gasteiger partial charge in [-0.1, -0.05) is 77.0 Å². The van der Waals surface area contributed by atoms with E-state index in [2.05, 4.69) is 16.0 Å². The van der Waals surface area contributed by atoms with E-state index in [1.165, 1.54) is 83.5 Å². The highest BCUT2D eigenvalue weighted by Crippen LogP contribution is 2.11. The van der Waals surface area contributed by atoms with Crippen molar-refractivity contribution in [3.8, 4) is 0 Å². The highest BCUT2D eigenvalue weighted by Gasteiger charge is 2.03. The molecule has 188 valence electrons. The summed E-state index contributed by atoms with van der Waals surface area (Å²) >= 11 is 0. The standard InChI is InChI=1S/C26H51N3O3/c1-24(30)19-15-11-7-6-10-14-18-22-28-21-17-13-9-5-3-4-8-12-16-20-25(31)29-23-26(32)27-2/h28H,3-23H2,1-2H3,(H,27,32)(H,29,31). The lowest BCUT2D eigenvalue weighted by molar-refractivity contribution is -0.125. The molecule has 0 radical (unpaired) electrons. The lowest BCUT2D eigenvalue weighted by Gasteiger charge is -2.06. The van der Waals surface area contributed by atoms with E-state index >= 15 is 0 Å². The summed E-state index contributed by atoms with van der Waals surface area (Å²) in [7, 11) is 1.57. The van der Waals surface area contributed by atoms with Crippen LogP contribution in [0.4, 0.5) is 0 Å². The summed E-state index contributed by atoms with van der Waals surface area (Å²) in [5, 5.41) is 8.69. The third-order valence-corrected chi connectivity index (χ3v) is 5.86. The molecule has 6 heteroatoms. The summed E-state index contributed by atoms with van der Waals surface area (Å²) in [5.74, 6) is 0.137. The average molecular weight is 454 g/mol. The van der Waals surface area contributed by atoms with E-state index in [0.29, 0.717) is 12.2 Å². The first kappa shape index (κ1) is 30.6. The van der Waals surface area contributed by atoms with Crippen LogP contribution in [0.15, 0.2) is 0 Å². The number of hydrogen-bond donors (Lipinski definition) is 3. The number of rotatable bonds is 24. The molecule has 0 aromatic rings. The van der Waals surface area contributed by atoms with Crippen LogP contribution in [-0.2, 0) is 14.4 Å². The molecule has 0 bridgehead atoms. The third kappa shape index (κ3) is 24.8. The van der Waals surface area contributed by atoms with Crippen molar-refractivity contribution in [2.24, 2.45) is 0 Å². The maximum Gasteiger partial charge on any atom is 0.239 e. The number of ketones is 1. The van der Waals surface area contributed by atoms with Crippen LogP contribution >= 0.6 is 0 Å². The van der Waals surface area contributed by atoms with Crippen molar-refractivity contribution in [2.45, 2.75) is 122 Å². The van der Waals surface area contributed by atoms with Gasteiger partial charge in [-0.15, -0.1) is 0 Å². The predicted molar refractivity (Wildman–Crippen MR) is 134 cm³/mol. The Hall–Kier alpha value is -1.43. The Morgan fingerprint density at radius 1 is 0.531 bits per heavy atom. The van der Waals surface area contributed by atoms with Crippen LogP contribution in [0.5, 0.6) is 0 Å². The quantitative estimate of drug-likeness (QED) is 0.179. The number of carbonyl (C=O) groups is 3. The second-order valence-electron chi connectivity index (χ2n) is 9.06. The molecule has 0 spiro atoms. The van der Waals surface area contributed by atoms with Crippen LogP contribution in [0.25, 0.3) is 0 Å². The van der Waals surface area contributed by atoms with Gasteiger partial charge in [-0.2, -0.15) is 0 Å². The fraction of sp³-hybridized carbons (Fsp3) is 0.885. The predicted octanol–water partition coefficient (Wildman–Crippen LogP) is 5.05. The number of likely N-dealkylation sites (N-methyl/N-ethyl adjacent to an activating group) is 1. The molecule has 0 fully saturated rings. The van der Waals surface area contributed by atoms with Crippen LogP contribution in [-0.4, -0.2) is 44.3 Å². The molecule has 0 atom stereocenters.